The third-order valence-corrected chi connectivity index (χ3v) is 9.25. The van der Waals surface area contributed by atoms with Gasteiger partial charge in [0.25, 0.3) is 10.0 Å². The first kappa shape index (κ1) is 31.4. The number of benzene rings is 3. The van der Waals surface area contributed by atoms with Crippen molar-refractivity contribution in [2.75, 3.05) is 10.8 Å². The highest BCUT2D eigenvalue weighted by molar-refractivity contribution is 9.10. The SMILES string of the molecule is CC[C@@H](C)NC(=O)[C@H](CC)N(Cc1ccccc1C)C(=O)CN(c1cccc(Br)c1)S(=O)(=O)c1ccc(C)cc1. The van der Waals surface area contributed by atoms with Gasteiger partial charge in [-0.05, 0) is 75.1 Å². The lowest BCUT2D eigenvalue weighted by atomic mass is 10.1. The smallest absolute Gasteiger partial charge is 0.264 e. The summed E-state index contributed by atoms with van der Waals surface area (Å²) in [5.41, 5.74) is 3.14. The van der Waals surface area contributed by atoms with Gasteiger partial charge in [0.2, 0.25) is 11.8 Å². The molecule has 40 heavy (non-hydrogen) atoms. The zero-order valence-electron chi connectivity index (χ0n) is 23.7. The molecule has 2 atom stereocenters. The summed E-state index contributed by atoms with van der Waals surface area (Å²) in [5.74, 6) is -0.723. The summed E-state index contributed by atoms with van der Waals surface area (Å²) in [6.45, 7) is 9.29. The van der Waals surface area contributed by atoms with Crippen LogP contribution in [-0.4, -0.2) is 43.8 Å². The maximum atomic E-state index is 14.1. The second kappa shape index (κ2) is 13.9. The number of nitrogens with one attached hydrogen (secondary N) is 1. The summed E-state index contributed by atoms with van der Waals surface area (Å²) >= 11 is 3.42. The van der Waals surface area contributed by atoms with Gasteiger partial charge >= 0.3 is 0 Å². The van der Waals surface area contributed by atoms with E-state index in [0.717, 1.165) is 27.4 Å². The van der Waals surface area contributed by atoms with Gasteiger partial charge in [-0.25, -0.2) is 8.42 Å². The van der Waals surface area contributed by atoms with Gasteiger partial charge < -0.3 is 10.2 Å². The molecule has 0 bridgehead atoms. The molecule has 0 spiro atoms. The van der Waals surface area contributed by atoms with E-state index in [9.17, 15) is 18.0 Å². The van der Waals surface area contributed by atoms with Crippen molar-refractivity contribution in [3.63, 3.8) is 0 Å². The van der Waals surface area contributed by atoms with E-state index >= 15 is 0 Å². The topological polar surface area (TPSA) is 86.8 Å². The van der Waals surface area contributed by atoms with Crippen molar-refractivity contribution in [3.8, 4) is 0 Å². The average molecular weight is 629 g/mol. The van der Waals surface area contributed by atoms with Crippen molar-refractivity contribution in [2.24, 2.45) is 0 Å². The highest BCUT2D eigenvalue weighted by atomic mass is 79.9. The van der Waals surface area contributed by atoms with Gasteiger partial charge in [0.1, 0.15) is 12.6 Å². The molecule has 7 nitrogen and oxygen atoms in total. The number of hydrogen-bond donors (Lipinski definition) is 1. The molecular formula is C31H38BrN3O4S. The summed E-state index contributed by atoms with van der Waals surface area (Å²) < 4.78 is 29.7. The molecule has 9 heteroatoms. The van der Waals surface area contributed by atoms with E-state index in [1.54, 1.807) is 48.5 Å². The third-order valence-electron chi connectivity index (χ3n) is 6.97. The van der Waals surface area contributed by atoms with Gasteiger partial charge in [-0.15, -0.1) is 0 Å². The molecule has 0 heterocycles. The molecule has 3 aromatic carbocycles. The Morgan fingerprint density at radius 2 is 1.60 bits per heavy atom. The predicted octanol–water partition coefficient (Wildman–Crippen LogP) is 5.98. The molecule has 0 aliphatic heterocycles. The lowest BCUT2D eigenvalue weighted by molar-refractivity contribution is -0.140. The number of rotatable bonds is 12. The number of aryl methyl sites for hydroxylation is 2. The van der Waals surface area contributed by atoms with E-state index in [1.165, 1.54) is 4.90 Å². The van der Waals surface area contributed by atoms with Crippen LogP contribution in [0.5, 0.6) is 0 Å². The van der Waals surface area contributed by atoms with Crippen molar-refractivity contribution in [1.29, 1.82) is 0 Å². The second-order valence-electron chi connectivity index (χ2n) is 9.99. The maximum Gasteiger partial charge on any atom is 0.264 e. The van der Waals surface area contributed by atoms with E-state index in [-0.39, 0.29) is 23.4 Å². The Hall–Kier alpha value is -3.17. The third kappa shape index (κ3) is 7.73. The molecule has 2 amide bonds. The molecule has 0 unspecified atom stereocenters. The fraction of sp³-hybridized carbons (Fsp3) is 0.355. The summed E-state index contributed by atoms with van der Waals surface area (Å²) in [7, 11) is -4.11. The van der Waals surface area contributed by atoms with Crippen molar-refractivity contribution in [3.05, 3.63) is 94.0 Å². The molecule has 1 N–H and O–H groups in total. The molecule has 0 aliphatic carbocycles. The Morgan fingerprint density at radius 1 is 0.925 bits per heavy atom. The number of anilines is 1. The molecule has 0 saturated carbocycles. The Bertz CT molecular complexity index is 1430. The van der Waals surface area contributed by atoms with Crippen LogP contribution in [0.2, 0.25) is 0 Å². The van der Waals surface area contributed by atoms with Crippen LogP contribution in [0.3, 0.4) is 0 Å². The second-order valence-corrected chi connectivity index (χ2v) is 12.8. The minimum Gasteiger partial charge on any atom is -0.352 e. The summed E-state index contributed by atoms with van der Waals surface area (Å²) in [6.07, 6.45) is 1.13. The van der Waals surface area contributed by atoms with Crippen LogP contribution < -0.4 is 9.62 Å². The predicted molar refractivity (Wildman–Crippen MR) is 164 cm³/mol. The van der Waals surface area contributed by atoms with E-state index in [1.807, 2.05) is 58.9 Å². The standard InChI is InChI=1S/C31H38BrN3O4S/c1-6-24(5)33-31(37)29(7-2)34(20-25-12-9-8-11-23(25)4)30(36)21-35(27-14-10-13-26(32)19-27)40(38,39)28-17-15-22(3)16-18-28/h8-19,24,29H,6-7,20-21H2,1-5H3,(H,33,37)/t24-,29+/m1/s1. The van der Waals surface area contributed by atoms with Gasteiger partial charge in [0.15, 0.2) is 0 Å². The molecule has 0 aliphatic rings. The van der Waals surface area contributed by atoms with E-state index in [2.05, 4.69) is 21.2 Å². The number of amides is 2. The molecule has 3 rings (SSSR count). The van der Waals surface area contributed by atoms with Crippen molar-refractivity contribution < 1.29 is 18.0 Å². The van der Waals surface area contributed by atoms with Crippen LogP contribution in [0.1, 0.15) is 50.3 Å². The number of halogens is 1. The monoisotopic (exact) mass is 627 g/mol. The van der Waals surface area contributed by atoms with Gasteiger partial charge in [-0.2, -0.15) is 0 Å². The molecule has 0 radical (unpaired) electrons. The molecular weight excluding hydrogens is 590 g/mol. The summed E-state index contributed by atoms with van der Waals surface area (Å²) in [6, 6.07) is 20.2. The molecule has 214 valence electrons. The van der Waals surface area contributed by atoms with Gasteiger partial charge in [-0.1, -0.05) is 77.8 Å². The van der Waals surface area contributed by atoms with Crippen LogP contribution in [-0.2, 0) is 26.2 Å². The lowest BCUT2D eigenvalue weighted by Crippen LogP contribution is -2.53. The van der Waals surface area contributed by atoms with E-state index in [4.69, 9.17) is 0 Å². The van der Waals surface area contributed by atoms with Crippen LogP contribution in [0, 0.1) is 13.8 Å². The first-order valence-corrected chi connectivity index (χ1v) is 15.7. The maximum absolute atomic E-state index is 14.1. The Labute approximate surface area is 246 Å². The van der Waals surface area contributed by atoms with Gasteiger partial charge in [0.05, 0.1) is 10.6 Å². The summed E-state index contributed by atoms with van der Waals surface area (Å²) in [5, 5.41) is 3.00. The van der Waals surface area contributed by atoms with Crippen LogP contribution in [0.15, 0.2) is 82.2 Å². The Balaban J connectivity index is 2.07. The number of sulfonamides is 1. The number of hydrogen-bond acceptors (Lipinski definition) is 4. The fourth-order valence-electron chi connectivity index (χ4n) is 4.33. The quantitative estimate of drug-likeness (QED) is 0.267. The van der Waals surface area contributed by atoms with Crippen molar-refractivity contribution in [2.45, 2.75) is 71.0 Å². The van der Waals surface area contributed by atoms with Crippen LogP contribution >= 0.6 is 15.9 Å². The van der Waals surface area contributed by atoms with Gasteiger partial charge in [-0.3, -0.25) is 13.9 Å². The highest BCUT2D eigenvalue weighted by Gasteiger charge is 2.34. The Morgan fingerprint density at radius 3 is 2.20 bits per heavy atom. The largest absolute Gasteiger partial charge is 0.352 e. The summed E-state index contributed by atoms with van der Waals surface area (Å²) in [4.78, 5) is 29.1. The molecule has 0 aromatic heterocycles. The first-order valence-electron chi connectivity index (χ1n) is 13.5. The number of carbonyl (C=O) groups excluding carboxylic acids is 2. The van der Waals surface area contributed by atoms with E-state index in [0.29, 0.717) is 16.6 Å². The molecule has 0 saturated heterocycles. The molecule has 3 aromatic rings. The number of carbonyl (C=O) groups is 2. The normalized spacial score (nSPS) is 12.8. The Kier molecular flexibility index (Phi) is 10.9. The minimum atomic E-state index is -4.11. The average Bonchev–Trinajstić information content (AvgIpc) is 2.92. The minimum absolute atomic E-state index is 0.0583. The zero-order chi connectivity index (χ0) is 29.4. The van der Waals surface area contributed by atoms with E-state index < -0.39 is 28.5 Å². The fourth-order valence-corrected chi connectivity index (χ4v) is 6.12. The van der Waals surface area contributed by atoms with Crippen molar-refractivity contribution >= 4 is 43.5 Å². The van der Waals surface area contributed by atoms with Crippen LogP contribution in [0.25, 0.3) is 0 Å². The lowest BCUT2D eigenvalue weighted by Gasteiger charge is -2.34. The highest BCUT2D eigenvalue weighted by Crippen LogP contribution is 2.27. The van der Waals surface area contributed by atoms with Gasteiger partial charge in [0, 0.05) is 17.1 Å². The molecule has 0 fully saturated rings. The van der Waals surface area contributed by atoms with Crippen LogP contribution in [0.4, 0.5) is 5.69 Å². The first-order chi connectivity index (χ1) is 19.0. The number of nitrogens with zero attached hydrogens (tertiary/aromatic N) is 2. The van der Waals surface area contributed by atoms with Crippen molar-refractivity contribution in [1.82, 2.24) is 10.2 Å². The zero-order valence-corrected chi connectivity index (χ0v) is 26.1.